The molecular formula is C15H17N3O2S. The van der Waals surface area contributed by atoms with Crippen LogP contribution >= 0.6 is 11.8 Å². The van der Waals surface area contributed by atoms with Crippen LogP contribution in [0.5, 0.6) is 0 Å². The minimum Gasteiger partial charge on any atom is -0.463 e. The summed E-state index contributed by atoms with van der Waals surface area (Å²) in [6, 6.07) is 3.87. The van der Waals surface area contributed by atoms with E-state index in [1.165, 1.54) is 0 Å². The van der Waals surface area contributed by atoms with E-state index in [4.69, 9.17) is 4.42 Å². The van der Waals surface area contributed by atoms with Crippen molar-refractivity contribution >= 4 is 17.7 Å². The fourth-order valence-corrected chi connectivity index (χ4v) is 3.47. The van der Waals surface area contributed by atoms with Gasteiger partial charge < -0.3 is 9.32 Å². The molecular weight excluding hydrogens is 286 g/mol. The van der Waals surface area contributed by atoms with E-state index >= 15 is 0 Å². The number of carbonyl (C=O) groups excluding carboxylic acids is 1. The molecule has 1 aliphatic heterocycles. The summed E-state index contributed by atoms with van der Waals surface area (Å²) in [5, 5.41) is -0.0805. The molecule has 110 valence electrons. The summed E-state index contributed by atoms with van der Waals surface area (Å²) in [6.45, 7) is 4.27. The summed E-state index contributed by atoms with van der Waals surface area (Å²) in [6.07, 6.45) is 4.01. The number of amides is 1. The van der Waals surface area contributed by atoms with Crippen LogP contribution in [0, 0.1) is 13.8 Å². The molecule has 1 atom stereocenters. The van der Waals surface area contributed by atoms with Crippen molar-refractivity contribution in [2.75, 3.05) is 5.75 Å². The van der Waals surface area contributed by atoms with E-state index in [2.05, 4.69) is 9.97 Å². The second kappa shape index (κ2) is 5.89. The minimum atomic E-state index is -0.0805. The lowest BCUT2D eigenvalue weighted by Gasteiger charge is -2.33. The maximum absolute atomic E-state index is 12.3. The standard InChI is InChI=1S/C15H17N3O2S/c1-10-7-17-12(8-16-10)9-18-14(19)5-6-21-15(18)13-4-3-11(2)20-13/h3-4,7-8,15H,5-6,9H2,1-2H3. The van der Waals surface area contributed by atoms with E-state index in [9.17, 15) is 4.79 Å². The van der Waals surface area contributed by atoms with Gasteiger partial charge in [-0.1, -0.05) is 0 Å². The summed E-state index contributed by atoms with van der Waals surface area (Å²) >= 11 is 1.73. The quantitative estimate of drug-likeness (QED) is 0.872. The zero-order chi connectivity index (χ0) is 14.8. The molecule has 1 unspecified atom stereocenters. The first-order valence-corrected chi connectivity index (χ1v) is 7.93. The summed E-state index contributed by atoms with van der Waals surface area (Å²) < 4.78 is 5.71. The lowest BCUT2D eigenvalue weighted by Crippen LogP contribution is -2.36. The van der Waals surface area contributed by atoms with Gasteiger partial charge in [-0.2, -0.15) is 0 Å². The molecule has 1 aliphatic rings. The second-order valence-electron chi connectivity index (χ2n) is 5.09. The van der Waals surface area contributed by atoms with E-state index in [1.807, 2.05) is 30.9 Å². The largest absolute Gasteiger partial charge is 0.463 e. The number of furan rings is 1. The Bertz CT molecular complexity index is 639. The number of aromatic nitrogens is 2. The molecule has 0 spiro atoms. The van der Waals surface area contributed by atoms with Gasteiger partial charge in [-0.25, -0.2) is 0 Å². The number of carbonyl (C=O) groups is 1. The molecule has 0 radical (unpaired) electrons. The Balaban J connectivity index is 1.84. The van der Waals surface area contributed by atoms with Crippen LogP contribution in [0.25, 0.3) is 0 Å². The highest BCUT2D eigenvalue weighted by atomic mass is 32.2. The summed E-state index contributed by atoms with van der Waals surface area (Å²) in [5.74, 6) is 2.64. The molecule has 3 heterocycles. The van der Waals surface area contributed by atoms with Gasteiger partial charge in [0.25, 0.3) is 0 Å². The van der Waals surface area contributed by atoms with E-state index in [-0.39, 0.29) is 11.3 Å². The van der Waals surface area contributed by atoms with Gasteiger partial charge in [-0.3, -0.25) is 14.8 Å². The normalized spacial score (nSPS) is 19.0. The van der Waals surface area contributed by atoms with Crippen molar-refractivity contribution in [3.8, 4) is 0 Å². The van der Waals surface area contributed by atoms with Gasteiger partial charge in [0.05, 0.1) is 24.1 Å². The first-order chi connectivity index (χ1) is 10.1. The third-order valence-electron chi connectivity index (χ3n) is 3.37. The highest BCUT2D eigenvalue weighted by Gasteiger charge is 2.32. The predicted molar refractivity (Wildman–Crippen MR) is 80.6 cm³/mol. The van der Waals surface area contributed by atoms with Crippen LogP contribution in [0.2, 0.25) is 0 Å². The zero-order valence-electron chi connectivity index (χ0n) is 12.1. The van der Waals surface area contributed by atoms with Gasteiger partial charge in [0.15, 0.2) is 0 Å². The smallest absolute Gasteiger partial charge is 0.225 e. The molecule has 1 amide bonds. The van der Waals surface area contributed by atoms with Gasteiger partial charge in [-0.15, -0.1) is 11.8 Å². The van der Waals surface area contributed by atoms with E-state index < -0.39 is 0 Å². The Labute approximate surface area is 127 Å². The van der Waals surface area contributed by atoms with Gasteiger partial charge in [-0.05, 0) is 26.0 Å². The third-order valence-corrected chi connectivity index (χ3v) is 4.61. The van der Waals surface area contributed by atoms with Crippen molar-refractivity contribution in [2.45, 2.75) is 32.2 Å². The number of nitrogens with zero attached hydrogens (tertiary/aromatic N) is 3. The number of thioether (sulfide) groups is 1. The molecule has 2 aromatic heterocycles. The topological polar surface area (TPSA) is 59.2 Å². The van der Waals surface area contributed by atoms with Crippen molar-refractivity contribution in [1.29, 1.82) is 0 Å². The molecule has 2 aromatic rings. The van der Waals surface area contributed by atoms with Gasteiger partial charge >= 0.3 is 0 Å². The van der Waals surface area contributed by atoms with E-state index in [0.717, 1.165) is 28.7 Å². The van der Waals surface area contributed by atoms with Crippen molar-refractivity contribution in [2.24, 2.45) is 0 Å². The Morgan fingerprint density at radius 3 is 2.86 bits per heavy atom. The maximum atomic E-state index is 12.3. The monoisotopic (exact) mass is 303 g/mol. The fraction of sp³-hybridized carbons (Fsp3) is 0.400. The molecule has 0 N–H and O–H groups in total. The SMILES string of the molecule is Cc1cnc(CN2C(=O)CCSC2c2ccc(C)o2)cn1. The fourth-order valence-electron chi connectivity index (χ4n) is 2.29. The first kappa shape index (κ1) is 14.1. The molecule has 5 nitrogen and oxygen atoms in total. The van der Waals surface area contributed by atoms with Gasteiger partial charge in [0, 0.05) is 18.4 Å². The summed E-state index contributed by atoms with van der Waals surface area (Å²) in [7, 11) is 0. The lowest BCUT2D eigenvalue weighted by molar-refractivity contribution is -0.133. The predicted octanol–water partition coefficient (Wildman–Crippen LogP) is 2.85. The Hall–Kier alpha value is -1.82. The maximum Gasteiger partial charge on any atom is 0.225 e. The van der Waals surface area contributed by atoms with Crippen molar-refractivity contribution in [1.82, 2.24) is 14.9 Å². The summed E-state index contributed by atoms with van der Waals surface area (Å²) in [5.41, 5.74) is 1.67. The van der Waals surface area contributed by atoms with Crippen LogP contribution in [0.1, 0.15) is 34.7 Å². The number of rotatable bonds is 3. The third kappa shape index (κ3) is 3.10. The van der Waals surface area contributed by atoms with Crippen molar-refractivity contribution in [3.05, 3.63) is 47.4 Å². The Morgan fingerprint density at radius 2 is 2.19 bits per heavy atom. The molecule has 0 bridgehead atoms. The molecule has 6 heteroatoms. The van der Waals surface area contributed by atoms with E-state index in [1.54, 1.807) is 24.2 Å². The number of hydrogen-bond donors (Lipinski definition) is 0. The van der Waals surface area contributed by atoms with Crippen molar-refractivity contribution in [3.63, 3.8) is 0 Å². The molecule has 0 saturated carbocycles. The molecule has 21 heavy (non-hydrogen) atoms. The van der Waals surface area contributed by atoms with Crippen LogP contribution in [-0.2, 0) is 11.3 Å². The highest BCUT2D eigenvalue weighted by molar-refractivity contribution is 7.99. The van der Waals surface area contributed by atoms with Crippen LogP contribution in [0.3, 0.4) is 0 Å². The zero-order valence-corrected chi connectivity index (χ0v) is 12.9. The molecule has 3 rings (SSSR count). The van der Waals surface area contributed by atoms with Crippen LogP contribution in [0.15, 0.2) is 28.9 Å². The molecule has 1 fully saturated rings. The Kier molecular flexibility index (Phi) is 3.96. The number of aryl methyl sites for hydroxylation is 2. The average molecular weight is 303 g/mol. The average Bonchev–Trinajstić information content (AvgIpc) is 2.90. The second-order valence-corrected chi connectivity index (χ2v) is 6.28. The number of hydrogen-bond acceptors (Lipinski definition) is 5. The lowest BCUT2D eigenvalue weighted by atomic mass is 10.3. The first-order valence-electron chi connectivity index (χ1n) is 6.88. The van der Waals surface area contributed by atoms with Crippen LogP contribution in [0.4, 0.5) is 0 Å². The van der Waals surface area contributed by atoms with E-state index in [0.29, 0.717) is 13.0 Å². The van der Waals surface area contributed by atoms with Gasteiger partial charge in [0.1, 0.15) is 16.9 Å². The molecule has 1 saturated heterocycles. The minimum absolute atomic E-state index is 0.0805. The van der Waals surface area contributed by atoms with Crippen molar-refractivity contribution < 1.29 is 9.21 Å². The van der Waals surface area contributed by atoms with Crippen LogP contribution in [-0.4, -0.2) is 26.5 Å². The molecule has 0 aliphatic carbocycles. The molecule has 0 aromatic carbocycles. The van der Waals surface area contributed by atoms with Gasteiger partial charge in [0.2, 0.25) is 5.91 Å². The Morgan fingerprint density at radius 1 is 1.33 bits per heavy atom. The van der Waals surface area contributed by atoms with Crippen LogP contribution < -0.4 is 0 Å². The summed E-state index contributed by atoms with van der Waals surface area (Å²) in [4.78, 5) is 22.7. The highest BCUT2D eigenvalue weighted by Crippen LogP contribution is 2.38.